The number of carbonyl (C=O) groups excluding carboxylic acids is 3. The van der Waals surface area contributed by atoms with Gasteiger partial charge in [-0.25, -0.2) is 13.2 Å². The first-order chi connectivity index (χ1) is 25.3. The van der Waals surface area contributed by atoms with E-state index >= 15 is 0 Å². The molecule has 13 nitrogen and oxygen atoms in total. The molecule has 16 heteroatoms. The molecule has 1 fully saturated rings. The van der Waals surface area contributed by atoms with Crippen molar-refractivity contribution in [3.05, 3.63) is 95.8 Å². The van der Waals surface area contributed by atoms with Crippen molar-refractivity contribution in [2.45, 2.75) is 93.8 Å². The standard InChI is InChI=1S/C39H45N3O10S2.K/c1-6-40-31-20-18-27(53(46,47)48)25-29(31)38(2,3)33(40)15-11-8-7-9-12-16-34-39(4,5)30-26-28(54(49,50)51)19-21-32(30)41(34)24-14-10-13-17-37(45)52-42-35(43)22-23-36(42)44;/h7-9,11-12,15-16,18-21,25-26H,6,10,13-14,17,22-24H2,1-5H3,(H-,46,47,48,49,50,51);/q;+1. The number of likely N-dealkylation sites (N-methyl/N-ethyl adjacent to an activating group) is 1. The molecule has 3 aliphatic rings. The molecule has 0 bridgehead atoms. The first kappa shape index (κ1) is 44.6. The van der Waals surface area contributed by atoms with E-state index in [1.54, 1.807) is 12.1 Å². The van der Waals surface area contributed by atoms with Gasteiger partial charge < -0.3 is 14.3 Å². The smallest absolute Gasteiger partial charge is 0.744 e. The van der Waals surface area contributed by atoms with Gasteiger partial charge in [0.2, 0.25) is 5.69 Å². The third-order valence-corrected chi connectivity index (χ3v) is 11.7. The second kappa shape index (κ2) is 17.6. The largest absolute Gasteiger partial charge is 1.00 e. The number of hydroxylamine groups is 2. The average molecular weight is 819 g/mol. The second-order valence-electron chi connectivity index (χ2n) is 14.4. The van der Waals surface area contributed by atoms with Crippen LogP contribution >= 0.6 is 0 Å². The van der Waals surface area contributed by atoms with E-state index in [4.69, 9.17) is 4.84 Å². The molecule has 0 saturated carbocycles. The van der Waals surface area contributed by atoms with Crippen LogP contribution in [-0.4, -0.2) is 72.2 Å². The number of fused-ring (bicyclic) bond motifs is 2. The molecule has 2 amide bonds. The van der Waals surface area contributed by atoms with Crippen LogP contribution in [-0.2, 0) is 50.3 Å². The SMILES string of the molecule is CCN1C(=CC=CC=CC=CC2=[N+](CCCCCC(=O)ON3C(=O)CCC3=O)c3ccc(S(=O)(=O)O)cc3C2(C)C)C(C)(C)c2cc(S(=O)(=O)[O-])ccc21.[K+]. The summed E-state index contributed by atoms with van der Waals surface area (Å²) in [6, 6.07) is 9.02. The topological polar surface area (TPSA) is 182 Å². The molecule has 3 heterocycles. The minimum Gasteiger partial charge on any atom is -0.744 e. The average Bonchev–Trinajstić information content (AvgIpc) is 3.61. The van der Waals surface area contributed by atoms with E-state index in [0.717, 1.165) is 33.9 Å². The first-order valence-corrected chi connectivity index (χ1v) is 20.6. The van der Waals surface area contributed by atoms with Crippen molar-refractivity contribution in [2.24, 2.45) is 0 Å². The van der Waals surface area contributed by atoms with Crippen molar-refractivity contribution < 1.29 is 101 Å². The Kier molecular flexibility index (Phi) is 14.3. The van der Waals surface area contributed by atoms with Crippen LogP contribution in [0.15, 0.2) is 94.4 Å². The van der Waals surface area contributed by atoms with E-state index in [9.17, 15) is 40.3 Å². The van der Waals surface area contributed by atoms with Crippen LogP contribution in [0.1, 0.15) is 84.3 Å². The number of hydrogen-bond acceptors (Lipinski definition) is 10. The summed E-state index contributed by atoms with van der Waals surface area (Å²) in [5, 5.41) is 0.543. The Morgan fingerprint density at radius 1 is 0.873 bits per heavy atom. The minimum absolute atomic E-state index is 0. The summed E-state index contributed by atoms with van der Waals surface area (Å²) in [5.74, 6) is -1.70. The van der Waals surface area contributed by atoms with Gasteiger partial charge in [0.15, 0.2) is 5.71 Å². The Morgan fingerprint density at radius 3 is 2.13 bits per heavy atom. The third kappa shape index (κ3) is 9.74. The summed E-state index contributed by atoms with van der Waals surface area (Å²) in [6.45, 7) is 11.1. The zero-order valence-electron chi connectivity index (χ0n) is 31.9. The van der Waals surface area contributed by atoms with Gasteiger partial charge >= 0.3 is 57.4 Å². The van der Waals surface area contributed by atoms with Gasteiger partial charge in [-0.1, -0.05) is 44.2 Å². The van der Waals surface area contributed by atoms with Crippen LogP contribution in [0.25, 0.3) is 0 Å². The predicted octanol–water partition coefficient (Wildman–Crippen LogP) is 2.76. The Morgan fingerprint density at radius 2 is 1.49 bits per heavy atom. The van der Waals surface area contributed by atoms with Gasteiger partial charge in [0, 0.05) is 66.7 Å². The summed E-state index contributed by atoms with van der Waals surface area (Å²) >= 11 is 0. The van der Waals surface area contributed by atoms with Crippen LogP contribution in [0, 0.1) is 0 Å². The molecule has 55 heavy (non-hydrogen) atoms. The molecule has 1 N–H and O–H groups in total. The summed E-state index contributed by atoms with van der Waals surface area (Å²) < 4.78 is 70.9. The molecular weight excluding hydrogens is 774 g/mol. The number of anilines is 1. The van der Waals surface area contributed by atoms with Crippen molar-refractivity contribution in [3.8, 4) is 0 Å². The van der Waals surface area contributed by atoms with Crippen molar-refractivity contribution in [3.63, 3.8) is 0 Å². The number of allylic oxidation sites excluding steroid dienone is 8. The van der Waals surface area contributed by atoms with Crippen LogP contribution < -0.4 is 56.3 Å². The van der Waals surface area contributed by atoms with Crippen LogP contribution in [0.4, 0.5) is 11.4 Å². The second-order valence-corrected chi connectivity index (χ2v) is 17.2. The van der Waals surface area contributed by atoms with Gasteiger partial charge in [-0.2, -0.15) is 13.0 Å². The van der Waals surface area contributed by atoms with Gasteiger partial charge in [0.1, 0.15) is 16.7 Å². The van der Waals surface area contributed by atoms with Gasteiger partial charge in [-0.05, 0) is 75.6 Å². The molecule has 2 aromatic rings. The van der Waals surface area contributed by atoms with Crippen LogP contribution in [0.3, 0.4) is 0 Å². The Labute approximate surface area is 365 Å². The van der Waals surface area contributed by atoms with Gasteiger partial charge in [0.25, 0.3) is 21.9 Å². The van der Waals surface area contributed by atoms with Crippen molar-refractivity contribution >= 4 is 55.1 Å². The molecule has 288 valence electrons. The number of imide groups is 1. The third-order valence-electron chi connectivity index (χ3n) is 10.0. The number of rotatable bonds is 14. The molecule has 5 rings (SSSR count). The van der Waals surface area contributed by atoms with Gasteiger partial charge in [0.05, 0.1) is 15.2 Å². The van der Waals surface area contributed by atoms with E-state index in [0.29, 0.717) is 37.4 Å². The maximum Gasteiger partial charge on any atom is 1.00 e. The molecule has 0 aromatic heterocycles. The predicted molar refractivity (Wildman–Crippen MR) is 201 cm³/mol. The Hall–Kier alpha value is -3.06. The number of amides is 2. The maximum absolute atomic E-state index is 12.2. The molecule has 1 saturated heterocycles. The van der Waals surface area contributed by atoms with Crippen LogP contribution in [0.2, 0.25) is 0 Å². The van der Waals surface area contributed by atoms with E-state index in [2.05, 4.69) is 9.48 Å². The zero-order valence-corrected chi connectivity index (χ0v) is 36.7. The monoisotopic (exact) mass is 818 g/mol. The molecule has 3 aliphatic heterocycles. The van der Waals surface area contributed by atoms with Crippen molar-refractivity contribution in [2.75, 3.05) is 18.0 Å². The number of benzene rings is 2. The number of hydrogen-bond donors (Lipinski definition) is 1. The molecular formula is C39H45KN3O10S2+. The maximum atomic E-state index is 12.2. The Balaban J connectivity index is 0.00000673. The summed E-state index contributed by atoms with van der Waals surface area (Å²) in [6.07, 6.45) is 15.2. The fourth-order valence-corrected chi connectivity index (χ4v) is 8.22. The van der Waals surface area contributed by atoms with Crippen molar-refractivity contribution in [1.82, 2.24) is 5.06 Å². The van der Waals surface area contributed by atoms with E-state index in [1.807, 2.05) is 77.2 Å². The first-order valence-electron chi connectivity index (χ1n) is 17.7. The van der Waals surface area contributed by atoms with Crippen LogP contribution in [0.5, 0.6) is 0 Å². The molecule has 0 unspecified atom stereocenters. The molecule has 0 radical (unpaired) electrons. The minimum atomic E-state index is -4.59. The van der Waals surface area contributed by atoms with Gasteiger partial charge in [-0.15, -0.1) is 5.06 Å². The molecule has 0 spiro atoms. The molecule has 0 aliphatic carbocycles. The molecule has 0 atom stereocenters. The summed E-state index contributed by atoms with van der Waals surface area (Å²) in [5.41, 5.74) is 3.83. The molecule has 2 aromatic carbocycles. The summed E-state index contributed by atoms with van der Waals surface area (Å²) in [7, 11) is -9.02. The summed E-state index contributed by atoms with van der Waals surface area (Å²) in [4.78, 5) is 42.3. The van der Waals surface area contributed by atoms with Crippen molar-refractivity contribution in [1.29, 1.82) is 0 Å². The van der Waals surface area contributed by atoms with E-state index < -0.39 is 48.8 Å². The fourth-order valence-electron chi connectivity index (χ4n) is 7.21. The number of carbonyl (C=O) groups is 3. The zero-order chi connectivity index (χ0) is 39.6. The quantitative estimate of drug-likeness (QED) is 0.0740. The Bertz CT molecular complexity index is 2240. The van der Waals surface area contributed by atoms with E-state index in [-0.39, 0.29) is 80.4 Å². The van der Waals surface area contributed by atoms with Gasteiger partial charge in [-0.3, -0.25) is 14.1 Å². The number of nitrogens with zero attached hydrogens (tertiary/aromatic N) is 3. The fraction of sp³-hybridized carbons (Fsp3) is 0.385. The number of unbranched alkanes of at least 4 members (excludes halogenated alkanes) is 2. The van der Waals surface area contributed by atoms with E-state index in [1.165, 1.54) is 24.3 Å². The normalized spacial score (nSPS) is 18.6.